The first-order valence-corrected chi connectivity index (χ1v) is 4.91. The lowest BCUT2D eigenvalue weighted by molar-refractivity contribution is -0.128. The lowest BCUT2D eigenvalue weighted by atomic mass is 9.95. The number of rotatable bonds is 1. The molecule has 0 atom stereocenters. The van der Waals surface area contributed by atoms with Crippen molar-refractivity contribution in [3.8, 4) is 11.8 Å². The van der Waals surface area contributed by atoms with Gasteiger partial charge in [-0.25, -0.2) is 0 Å². The summed E-state index contributed by atoms with van der Waals surface area (Å²) in [7, 11) is 0. The van der Waals surface area contributed by atoms with Crippen molar-refractivity contribution in [2.75, 3.05) is 6.54 Å². The predicted octanol–water partition coefficient (Wildman–Crippen LogP) is 2.20. The summed E-state index contributed by atoms with van der Waals surface area (Å²) in [6, 6.07) is 0. The van der Waals surface area contributed by atoms with Crippen LogP contribution in [-0.4, -0.2) is 12.5 Å². The molecule has 2 nitrogen and oxygen atoms in total. The molecule has 0 bridgehead atoms. The molecule has 0 saturated carbocycles. The van der Waals surface area contributed by atoms with Gasteiger partial charge in [-0.2, -0.15) is 0 Å². The van der Waals surface area contributed by atoms with Crippen molar-refractivity contribution in [1.29, 1.82) is 0 Å². The van der Waals surface area contributed by atoms with Crippen LogP contribution in [-0.2, 0) is 4.79 Å². The molecular formula is C12H21NO. The van der Waals surface area contributed by atoms with E-state index in [-0.39, 0.29) is 16.7 Å². The van der Waals surface area contributed by atoms with Gasteiger partial charge >= 0.3 is 0 Å². The summed E-state index contributed by atoms with van der Waals surface area (Å²) in [6.07, 6.45) is 0. The van der Waals surface area contributed by atoms with Gasteiger partial charge in [0.1, 0.15) is 0 Å². The molecule has 14 heavy (non-hydrogen) atoms. The first kappa shape index (κ1) is 13.0. The Balaban J connectivity index is 3.97. The van der Waals surface area contributed by atoms with Crippen LogP contribution in [0, 0.1) is 22.7 Å². The number of carbonyl (C=O) groups is 1. The minimum atomic E-state index is -0.330. The van der Waals surface area contributed by atoms with E-state index in [4.69, 9.17) is 0 Å². The number of hydrogen-bond acceptors (Lipinski definition) is 1. The van der Waals surface area contributed by atoms with Crippen LogP contribution in [0.4, 0.5) is 0 Å². The van der Waals surface area contributed by atoms with Gasteiger partial charge in [-0.05, 0) is 20.8 Å². The van der Waals surface area contributed by atoms with Gasteiger partial charge in [0.25, 0.3) is 0 Å². The average Bonchev–Trinajstić information content (AvgIpc) is 1.93. The van der Waals surface area contributed by atoms with E-state index in [0.717, 1.165) is 0 Å². The fourth-order valence-corrected chi connectivity index (χ4v) is 0.699. The van der Waals surface area contributed by atoms with Gasteiger partial charge in [0.15, 0.2) is 0 Å². The minimum absolute atomic E-state index is 0.00641. The van der Waals surface area contributed by atoms with Crippen LogP contribution >= 0.6 is 0 Å². The second-order valence-corrected chi connectivity index (χ2v) is 5.48. The normalized spacial score (nSPS) is 11.6. The van der Waals surface area contributed by atoms with Crippen LogP contribution < -0.4 is 5.32 Å². The third-order valence-corrected chi connectivity index (χ3v) is 1.48. The number of hydrogen-bond donors (Lipinski definition) is 1. The molecule has 0 aromatic carbocycles. The standard InChI is InChI=1S/C12H21NO/c1-11(2,3)8-7-9-13-10(14)12(4,5)6/h9H2,1-6H3,(H,13,14). The second kappa shape index (κ2) is 4.50. The topological polar surface area (TPSA) is 29.1 Å². The van der Waals surface area contributed by atoms with Crippen molar-refractivity contribution >= 4 is 5.91 Å². The molecule has 0 heterocycles. The van der Waals surface area contributed by atoms with Gasteiger partial charge in [0, 0.05) is 10.8 Å². The lowest BCUT2D eigenvalue weighted by Gasteiger charge is -2.16. The van der Waals surface area contributed by atoms with Gasteiger partial charge < -0.3 is 5.32 Å². The summed E-state index contributed by atoms with van der Waals surface area (Å²) in [5.41, 5.74) is -0.324. The molecule has 0 aromatic rings. The largest absolute Gasteiger partial charge is 0.345 e. The van der Waals surface area contributed by atoms with E-state index < -0.39 is 0 Å². The lowest BCUT2D eigenvalue weighted by Crippen LogP contribution is -2.34. The maximum absolute atomic E-state index is 11.4. The van der Waals surface area contributed by atoms with Crippen molar-refractivity contribution in [2.45, 2.75) is 41.5 Å². The van der Waals surface area contributed by atoms with E-state index in [1.165, 1.54) is 0 Å². The van der Waals surface area contributed by atoms with Gasteiger partial charge in [-0.15, -0.1) is 0 Å². The van der Waals surface area contributed by atoms with Crippen molar-refractivity contribution in [3.05, 3.63) is 0 Å². The summed E-state index contributed by atoms with van der Waals surface area (Å²) >= 11 is 0. The zero-order chi connectivity index (χ0) is 11.4. The molecule has 0 saturated heterocycles. The summed E-state index contributed by atoms with van der Waals surface area (Å²) in [4.78, 5) is 11.4. The van der Waals surface area contributed by atoms with Gasteiger partial charge in [-0.1, -0.05) is 32.6 Å². The Kier molecular flexibility index (Phi) is 4.19. The molecule has 0 fully saturated rings. The van der Waals surface area contributed by atoms with Crippen LogP contribution in [0.15, 0.2) is 0 Å². The Hall–Kier alpha value is -0.970. The highest BCUT2D eigenvalue weighted by atomic mass is 16.2. The van der Waals surface area contributed by atoms with Gasteiger partial charge in [-0.3, -0.25) is 4.79 Å². The van der Waals surface area contributed by atoms with E-state index in [1.807, 2.05) is 41.5 Å². The Morgan fingerprint density at radius 2 is 1.64 bits per heavy atom. The third-order valence-electron chi connectivity index (χ3n) is 1.48. The van der Waals surface area contributed by atoms with E-state index >= 15 is 0 Å². The Labute approximate surface area is 87.5 Å². The maximum Gasteiger partial charge on any atom is 0.226 e. The van der Waals surface area contributed by atoms with Crippen LogP contribution in [0.2, 0.25) is 0 Å². The molecule has 0 aliphatic carbocycles. The molecular weight excluding hydrogens is 174 g/mol. The molecule has 0 aliphatic heterocycles. The van der Waals surface area contributed by atoms with Crippen LogP contribution in [0.5, 0.6) is 0 Å². The van der Waals surface area contributed by atoms with E-state index in [9.17, 15) is 4.79 Å². The quantitative estimate of drug-likeness (QED) is 0.638. The molecule has 0 radical (unpaired) electrons. The molecule has 1 amide bonds. The predicted molar refractivity (Wildman–Crippen MR) is 59.7 cm³/mol. The molecule has 0 aliphatic rings. The monoisotopic (exact) mass is 195 g/mol. The van der Waals surface area contributed by atoms with Crippen molar-refractivity contribution in [3.63, 3.8) is 0 Å². The van der Waals surface area contributed by atoms with Gasteiger partial charge in [0.05, 0.1) is 6.54 Å². The highest BCUT2D eigenvalue weighted by Gasteiger charge is 2.19. The first-order valence-electron chi connectivity index (χ1n) is 4.91. The smallest absolute Gasteiger partial charge is 0.226 e. The molecule has 0 rings (SSSR count). The van der Waals surface area contributed by atoms with Crippen molar-refractivity contribution in [1.82, 2.24) is 5.32 Å². The van der Waals surface area contributed by atoms with E-state index in [2.05, 4.69) is 17.2 Å². The number of nitrogens with one attached hydrogen (secondary N) is 1. The Morgan fingerprint density at radius 3 is 2.00 bits per heavy atom. The summed E-state index contributed by atoms with van der Waals surface area (Å²) < 4.78 is 0. The zero-order valence-corrected chi connectivity index (χ0v) is 10.1. The highest BCUT2D eigenvalue weighted by Crippen LogP contribution is 2.12. The molecule has 0 spiro atoms. The fourth-order valence-electron chi connectivity index (χ4n) is 0.699. The Morgan fingerprint density at radius 1 is 1.14 bits per heavy atom. The SMILES string of the molecule is CC(C)(C)C#CCNC(=O)C(C)(C)C. The summed E-state index contributed by atoms with van der Waals surface area (Å²) in [5.74, 6) is 6.05. The number of carbonyl (C=O) groups excluding carboxylic acids is 1. The molecule has 0 aromatic heterocycles. The van der Waals surface area contributed by atoms with E-state index in [1.54, 1.807) is 0 Å². The zero-order valence-electron chi connectivity index (χ0n) is 10.1. The average molecular weight is 195 g/mol. The van der Waals surface area contributed by atoms with Crippen LogP contribution in [0.25, 0.3) is 0 Å². The molecule has 1 N–H and O–H groups in total. The minimum Gasteiger partial charge on any atom is -0.345 e. The molecule has 80 valence electrons. The fraction of sp³-hybridized carbons (Fsp3) is 0.750. The summed E-state index contributed by atoms with van der Waals surface area (Å²) in [6.45, 7) is 12.2. The third kappa shape index (κ3) is 6.54. The molecule has 0 unspecified atom stereocenters. The highest BCUT2D eigenvalue weighted by molar-refractivity contribution is 5.81. The van der Waals surface area contributed by atoms with Crippen LogP contribution in [0.1, 0.15) is 41.5 Å². The Bertz CT molecular complexity index is 255. The van der Waals surface area contributed by atoms with Crippen molar-refractivity contribution in [2.24, 2.45) is 10.8 Å². The maximum atomic E-state index is 11.4. The van der Waals surface area contributed by atoms with Crippen LogP contribution in [0.3, 0.4) is 0 Å². The van der Waals surface area contributed by atoms with Gasteiger partial charge in [0.2, 0.25) is 5.91 Å². The molecule has 2 heteroatoms. The number of amides is 1. The first-order chi connectivity index (χ1) is 6.13. The van der Waals surface area contributed by atoms with Crippen molar-refractivity contribution < 1.29 is 4.79 Å². The summed E-state index contributed by atoms with van der Waals surface area (Å²) in [5, 5.41) is 2.78. The second-order valence-electron chi connectivity index (χ2n) is 5.48. The van der Waals surface area contributed by atoms with E-state index in [0.29, 0.717) is 6.54 Å².